The Morgan fingerprint density at radius 2 is 0.849 bits per heavy atom. The second kappa shape index (κ2) is 53.7. The fourth-order valence-corrected chi connectivity index (χ4v) is 8.55. The van der Waals surface area contributed by atoms with Crippen molar-refractivity contribution in [2.24, 2.45) is 0 Å². The lowest BCUT2D eigenvalue weighted by Crippen LogP contribution is -2.45. The Balaban J connectivity index is 4.39. The molecule has 0 rings (SSSR count). The maximum atomic E-state index is 13.0. The number of aliphatic hydroxyl groups excluding tert-OH is 1. The first kappa shape index (κ1) is 69.9. The molecule has 73 heavy (non-hydrogen) atoms. The number of carbonyl (C=O) groups excluding carboxylic acids is 1. The van der Waals surface area contributed by atoms with Crippen molar-refractivity contribution in [2.75, 3.05) is 40.9 Å². The highest BCUT2D eigenvalue weighted by molar-refractivity contribution is 7.45. The van der Waals surface area contributed by atoms with E-state index < -0.39 is 26.6 Å². The second-order valence-electron chi connectivity index (χ2n) is 20.6. The summed E-state index contributed by atoms with van der Waals surface area (Å²) in [6.45, 7) is 4.48. The van der Waals surface area contributed by atoms with Crippen molar-refractivity contribution >= 4 is 13.7 Å². The minimum absolute atomic E-state index is 0.0220. The Morgan fingerprint density at radius 1 is 0.493 bits per heavy atom. The number of amides is 1. The van der Waals surface area contributed by atoms with Crippen molar-refractivity contribution in [1.29, 1.82) is 0 Å². The van der Waals surface area contributed by atoms with E-state index >= 15 is 0 Å². The van der Waals surface area contributed by atoms with Crippen LogP contribution in [0.5, 0.6) is 0 Å². The topological polar surface area (TPSA) is 108 Å². The highest BCUT2D eigenvalue weighted by Gasteiger charge is 2.23. The molecule has 0 saturated heterocycles. The van der Waals surface area contributed by atoms with E-state index in [0.29, 0.717) is 17.4 Å². The summed E-state index contributed by atoms with van der Waals surface area (Å²) in [5, 5.41) is 13.8. The van der Waals surface area contributed by atoms with E-state index in [-0.39, 0.29) is 18.9 Å². The average molecular weight is 1040 g/mol. The molecule has 0 saturated carbocycles. The molecule has 0 bridgehead atoms. The van der Waals surface area contributed by atoms with Crippen LogP contribution in [0.25, 0.3) is 0 Å². The highest BCUT2D eigenvalue weighted by atomic mass is 31.2. The van der Waals surface area contributed by atoms with E-state index in [9.17, 15) is 19.4 Å². The van der Waals surface area contributed by atoms with Crippen LogP contribution in [-0.2, 0) is 18.4 Å². The number of unbranched alkanes of at least 4 members (excludes halogenated alkanes) is 21. The minimum Gasteiger partial charge on any atom is -0.756 e. The number of carbonyl (C=O) groups is 1. The second-order valence-corrected chi connectivity index (χ2v) is 22.0. The van der Waals surface area contributed by atoms with Gasteiger partial charge < -0.3 is 28.8 Å². The smallest absolute Gasteiger partial charge is 0.268 e. The number of rotatable bonds is 52. The van der Waals surface area contributed by atoms with E-state index in [1.807, 2.05) is 27.2 Å². The van der Waals surface area contributed by atoms with Crippen molar-refractivity contribution in [1.82, 2.24) is 5.32 Å². The lowest BCUT2D eigenvalue weighted by Gasteiger charge is -2.29. The van der Waals surface area contributed by atoms with Crippen LogP contribution in [0, 0.1) is 0 Å². The molecule has 0 radical (unpaired) electrons. The molecule has 0 aromatic carbocycles. The number of phosphoric ester groups is 1. The van der Waals surface area contributed by atoms with Gasteiger partial charge in [0.05, 0.1) is 39.9 Å². The van der Waals surface area contributed by atoms with Crippen LogP contribution in [0.1, 0.15) is 226 Å². The van der Waals surface area contributed by atoms with Crippen LogP contribution in [-0.4, -0.2) is 68.5 Å². The molecule has 1 amide bonds. The normalized spacial score (nSPS) is 14.8. The number of allylic oxidation sites excluding steroid dienone is 19. The van der Waals surface area contributed by atoms with Crippen LogP contribution in [0.3, 0.4) is 0 Å². The van der Waals surface area contributed by atoms with Crippen LogP contribution >= 0.6 is 7.82 Å². The molecular weight excluding hydrogens is 924 g/mol. The number of nitrogens with one attached hydrogen (secondary N) is 1. The number of nitrogens with zero attached hydrogens (tertiary/aromatic N) is 1. The van der Waals surface area contributed by atoms with Gasteiger partial charge in [0.1, 0.15) is 13.2 Å². The van der Waals surface area contributed by atoms with Crippen LogP contribution in [0.15, 0.2) is 122 Å². The summed E-state index contributed by atoms with van der Waals surface area (Å²) >= 11 is 0. The number of hydrogen-bond acceptors (Lipinski definition) is 6. The zero-order chi connectivity index (χ0) is 53.5. The van der Waals surface area contributed by atoms with Gasteiger partial charge >= 0.3 is 0 Å². The summed E-state index contributed by atoms with van der Waals surface area (Å²) in [7, 11) is 1.20. The predicted octanol–water partition coefficient (Wildman–Crippen LogP) is 17.5. The molecule has 0 aliphatic rings. The summed E-state index contributed by atoms with van der Waals surface area (Å²) in [6, 6.07) is -0.937. The van der Waals surface area contributed by atoms with Gasteiger partial charge in [-0.2, -0.15) is 0 Å². The quantitative estimate of drug-likeness (QED) is 0.0272. The Morgan fingerprint density at radius 3 is 1.27 bits per heavy atom. The van der Waals surface area contributed by atoms with Crippen molar-refractivity contribution in [3.05, 3.63) is 122 Å². The van der Waals surface area contributed by atoms with Gasteiger partial charge in [-0.3, -0.25) is 9.36 Å². The van der Waals surface area contributed by atoms with Gasteiger partial charge in [-0.15, -0.1) is 0 Å². The monoisotopic (exact) mass is 1030 g/mol. The lowest BCUT2D eigenvalue weighted by molar-refractivity contribution is -0.870. The molecule has 9 heteroatoms. The van der Waals surface area contributed by atoms with Gasteiger partial charge in [-0.1, -0.05) is 245 Å². The zero-order valence-electron chi connectivity index (χ0n) is 47.5. The van der Waals surface area contributed by atoms with E-state index in [1.54, 1.807) is 6.08 Å². The van der Waals surface area contributed by atoms with Crippen molar-refractivity contribution < 1.29 is 32.9 Å². The molecule has 3 unspecified atom stereocenters. The lowest BCUT2D eigenvalue weighted by atomic mass is 10.0. The number of quaternary nitrogens is 1. The molecule has 0 aliphatic carbocycles. The third kappa shape index (κ3) is 56.5. The molecule has 3 atom stereocenters. The Bertz CT molecular complexity index is 1600. The maximum Gasteiger partial charge on any atom is 0.268 e. The SMILES string of the molecule is CC/C=C\C/C=C\C/C=C\C/C=C\C/C=C\C/C=C\C/C=C\C/C=C\CCCCC(=O)NC(COP(=O)([O-])OCC[N+](C)(C)C)C(O)/C=C/CC/C=C/CCCCCCCCCCCCCCCCCCCC. The highest BCUT2D eigenvalue weighted by Crippen LogP contribution is 2.38. The molecule has 0 aromatic heterocycles. The minimum atomic E-state index is -4.63. The van der Waals surface area contributed by atoms with Crippen molar-refractivity contribution in [3.63, 3.8) is 0 Å². The fourth-order valence-electron chi connectivity index (χ4n) is 7.83. The van der Waals surface area contributed by atoms with Crippen molar-refractivity contribution in [2.45, 2.75) is 238 Å². The fraction of sp³-hybridized carbons (Fsp3) is 0.672. The number of aliphatic hydroxyl groups is 1. The van der Waals surface area contributed by atoms with E-state index in [4.69, 9.17) is 9.05 Å². The molecular formula is C64H111N2O6P. The average Bonchev–Trinajstić information content (AvgIpc) is 3.35. The van der Waals surface area contributed by atoms with Crippen LogP contribution in [0.4, 0.5) is 0 Å². The standard InChI is InChI=1S/C64H111N2O6P/c1-6-8-10-12-14-16-18-20-22-24-26-28-30-32-33-34-36-38-40-42-44-46-48-50-52-54-56-58-64(68)65-62(61-72-73(69,70)71-60-59-66(3,4)5)63(67)57-55-53-51-49-47-45-43-41-39-37-35-31-29-27-25-23-21-19-17-15-13-11-9-7-2/h8,10,14,16,20,22,26,28,32-33,36,38,42,44,47-50,55,57,62-63,67H,6-7,9,11-13,15,17-19,21,23-25,27,29-31,34-35,37,39-41,43,45-46,51-54,56,58-61H2,1-5H3,(H-,65,68,69,70)/b10-8-,16-14-,22-20-,28-26-,33-32-,38-36-,44-42-,49-47+,50-48-,57-55+. The van der Waals surface area contributed by atoms with Gasteiger partial charge in [0.25, 0.3) is 7.82 Å². The molecule has 0 spiro atoms. The van der Waals surface area contributed by atoms with E-state index in [2.05, 4.69) is 129 Å². The summed E-state index contributed by atoms with van der Waals surface area (Å²) < 4.78 is 23.3. The molecule has 8 nitrogen and oxygen atoms in total. The van der Waals surface area contributed by atoms with Gasteiger partial charge in [0.2, 0.25) is 5.91 Å². The molecule has 0 aromatic rings. The number of hydrogen-bond donors (Lipinski definition) is 2. The number of phosphoric acid groups is 1. The zero-order valence-corrected chi connectivity index (χ0v) is 48.4. The Hall–Kier alpha value is -3.10. The summed E-state index contributed by atoms with van der Waals surface area (Å²) in [5.74, 6) is -0.253. The third-order valence-corrected chi connectivity index (χ3v) is 13.4. The first-order valence-electron chi connectivity index (χ1n) is 29.4. The summed E-state index contributed by atoms with van der Waals surface area (Å²) in [4.78, 5) is 25.5. The van der Waals surface area contributed by atoms with Gasteiger partial charge in [-0.05, 0) is 96.3 Å². The van der Waals surface area contributed by atoms with Crippen LogP contribution in [0.2, 0.25) is 0 Å². The predicted molar refractivity (Wildman–Crippen MR) is 315 cm³/mol. The Kier molecular flexibility index (Phi) is 51.4. The largest absolute Gasteiger partial charge is 0.756 e. The molecule has 0 aliphatic heterocycles. The van der Waals surface area contributed by atoms with E-state index in [0.717, 1.165) is 83.5 Å². The molecule has 418 valence electrons. The number of likely N-dealkylation sites (N-methyl/N-ethyl adjacent to an activating group) is 1. The molecule has 0 heterocycles. The van der Waals surface area contributed by atoms with E-state index in [1.165, 1.54) is 116 Å². The summed E-state index contributed by atoms with van der Waals surface area (Å²) in [6.07, 6.45) is 80.0. The molecule has 2 N–H and O–H groups in total. The first-order valence-corrected chi connectivity index (χ1v) is 30.9. The Labute approximate surface area is 450 Å². The third-order valence-electron chi connectivity index (χ3n) is 12.4. The maximum absolute atomic E-state index is 13.0. The first-order chi connectivity index (χ1) is 35.5. The summed E-state index contributed by atoms with van der Waals surface area (Å²) in [5.41, 5.74) is 0. The van der Waals surface area contributed by atoms with Crippen LogP contribution < -0.4 is 10.2 Å². The van der Waals surface area contributed by atoms with Gasteiger partial charge in [0.15, 0.2) is 0 Å². The van der Waals surface area contributed by atoms with Crippen molar-refractivity contribution in [3.8, 4) is 0 Å². The van der Waals surface area contributed by atoms with Gasteiger partial charge in [-0.25, -0.2) is 0 Å². The molecule has 0 fully saturated rings. The van der Waals surface area contributed by atoms with Gasteiger partial charge in [0, 0.05) is 6.42 Å².